The Morgan fingerprint density at radius 1 is 1.07 bits per heavy atom. The van der Waals surface area contributed by atoms with E-state index >= 15 is 0 Å². The summed E-state index contributed by atoms with van der Waals surface area (Å²) < 4.78 is 11.2. The van der Waals surface area contributed by atoms with E-state index in [4.69, 9.17) is 27.6 Å². The molecule has 3 aromatic carbocycles. The molecule has 0 aromatic heterocycles. The van der Waals surface area contributed by atoms with Crippen LogP contribution in [0.15, 0.2) is 60.7 Å². The van der Waals surface area contributed by atoms with E-state index in [2.05, 4.69) is 10.2 Å². The Hall–Kier alpha value is -3.49. The monoisotopic (exact) mass is 406 g/mol. The minimum absolute atomic E-state index is 0.136. The first-order valence-corrected chi connectivity index (χ1v) is 9.24. The number of anilines is 1. The number of halogens is 1. The number of rotatable bonds is 6. The number of carbonyl (C=O) groups excluding carboxylic acids is 1. The summed E-state index contributed by atoms with van der Waals surface area (Å²) in [6, 6.07) is 17.7. The van der Waals surface area contributed by atoms with E-state index in [-0.39, 0.29) is 12.3 Å². The van der Waals surface area contributed by atoms with Crippen LogP contribution in [0, 0.1) is 13.5 Å². The van der Waals surface area contributed by atoms with E-state index < -0.39 is 0 Å². The lowest BCUT2D eigenvalue weighted by atomic mass is 10.1. The van der Waals surface area contributed by atoms with Gasteiger partial charge in [0.15, 0.2) is 17.2 Å². The van der Waals surface area contributed by atoms with Gasteiger partial charge in [-0.1, -0.05) is 35.4 Å². The number of nitrogens with zero attached hydrogens (tertiary/aromatic N) is 1. The maximum Gasteiger partial charge on any atom is 0.228 e. The van der Waals surface area contributed by atoms with E-state index in [0.29, 0.717) is 28.0 Å². The Morgan fingerprint density at radius 3 is 2.52 bits per heavy atom. The van der Waals surface area contributed by atoms with Crippen LogP contribution in [-0.2, 0) is 11.2 Å². The van der Waals surface area contributed by atoms with Crippen LogP contribution in [0.2, 0.25) is 5.02 Å². The number of hydrogen-bond acceptors (Lipinski definition) is 3. The predicted molar refractivity (Wildman–Crippen MR) is 114 cm³/mol. The summed E-state index contributed by atoms with van der Waals surface area (Å²) in [4.78, 5) is 15.8. The zero-order valence-corrected chi connectivity index (χ0v) is 16.8. The first kappa shape index (κ1) is 20.2. The SMILES string of the molecule is [C-]#[N+]c1cc(Cl)cc(Oc2cc(CC(=O)Nc3ccc(C)cc3)ccc2OC)c1. The number of benzene rings is 3. The lowest BCUT2D eigenvalue weighted by Gasteiger charge is -2.13. The van der Waals surface area contributed by atoms with Crippen LogP contribution in [0.5, 0.6) is 17.2 Å². The van der Waals surface area contributed by atoms with Crippen LogP contribution in [0.4, 0.5) is 11.4 Å². The van der Waals surface area contributed by atoms with Gasteiger partial charge in [-0.3, -0.25) is 4.79 Å². The van der Waals surface area contributed by atoms with E-state index in [1.54, 1.807) is 30.3 Å². The van der Waals surface area contributed by atoms with Crippen molar-refractivity contribution in [3.8, 4) is 17.2 Å². The molecule has 0 saturated heterocycles. The number of amides is 1. The number of hydrogen-bond donors (Lipinski definition) is 1. The molecule has 0 spiro atoms. The second-order valence-corrected chi connectivity index (χ2v) is 6.87. The highest BCUT2D eigenvalue weighted by atomic mass is 35.5. The maximum absolute atomic E-state index is 12.4. The molecule has 0 fully saturated rings. The molecule has 0 radical (unpaired) electrons. The fraction of sp³-hybridized carbons (Fsp3) is 0.130. The standard InChI is InChI=1S/C23H19ClN2O3/c1-15-4-7-18(8-5-15)26-23(27)11-16-6-9-21(28-3)22(10-16)29-20-13-17(24)12-19(14-20)25-2/h4-10,12-14H,11H2,1,3H3,(H,26,27). The van der Waals surface area contributed by atoms with Crippen molar-refractivity contribution in [2.75, 3.05) is 12.4 Å². The van der Waals surface area contributed by atoms with E-state index in [1.807, 2.05) is 37.3 Å². The van der Waals surface area contributed by atoms with Gasteiger partial charge in [-0.05, 0) is 55.0 Å². The molecule has 3 rings (SSSR count). The second kappa shape index (κ2) is 9.13. The van der Waals surface area contributed by atoms with Gasteiger partial charge in [-0.15, -0.1) is 0 Å². The highest BCUT2D eigenvalue weighted by molar-refractivity contribution is 6.31. The van der Waals surface area contributed by atoms with E-state index in [9.17, 15) is 4.79 Å². The van der Waals surface area contributed by atoms with Gasteiger partial charge in [-0.2, -0.15) is 0 Å². The fourth-order valence-corrected chi connectivity index (χ4v) is 2.96. The van der Waals surface area contributed by atoms with Crippen LogP contribution in [-0.4, -0.2) is 13.0 Å². The average Bonchev–Trinajstić information content (AvgIpc) is 2.69. The summed E-state index contributed by atoms with van der Waals surface area (Å²) in [6.45, 7) is 9.14. The van der Waals surface area contributed by atoms with Gasteiger partial charge >= 0.3 is 0 Å². The van der Waals surface area contributed by atoms with Gasteiger partial charge in [-0.25, -0.2) is 4.85 Å². The van der Waals surface area contributed by atoms with Crippen LogP contribution in [0.25, 0.3) is 4.85 Å². The topological polar surface area (TPSA) is 51.9 Å². The molecule has 3 aromatic rings. The molecule has 0 bridgehead atoms. The Morgan fingerprint density at radius 2 is 1.83 bits per heavy atom. The van der Waals surface area contributed by atoms with Gasteiger partial charge in [0.25, 0.3) is 0 Å². The van der Waals surface area contributed by atoms with Gasteiger partial charge in [0.1, 0.15) is 5.75 Å². The average molecular weight is 407 g/mol. The van der Waals surface area contributed by atoms with Gasteiger partial charge in [0, 0.05) is 10.7 Å². The second-order valence-electron chi connectivity index (χ2n) is 6.44. The Kier molecular flexibility index (Phi) is 6.38. The third kappa shape index (κ3) is 5.50. The number of nitrogens with one attached hydrogen (secondary N) is 1. The zero-order valence-electron chi connectivity index (χ0n) is 16.0. The number of ether oxygens (including phenoxy) is 2. The van der Waals surface area contributed by atoms with Crippen molar-refractivity contribution in [3.63, 3.8) is 0 Å². The number of methoxy groups -OCH3 is 1. The van der Waals surface area contributed by atoms with Crippen molar-refractivity contribution in [3.05, 3.63) is 88.2 Å². The summed E-state index contributed by atoms with van der Waals surface area (Å²) in [5.41, 5.74) is 3.01. The van der Waals surface area contributed by atoms with Crippen molar-refractivity contribution < 1.29 is 14.3 Å². The number of carbonyl (C=O) groups is 1. The molecule has 0 aliphatic carbocycles. The highest BCUT2D eigenvalue weighted by Crippen LogP contribution is 2.35. The van der Waals surface area contributed by atoms with Crippen LogP contribution in [0.1, 0.15) is 11.1 Å². The van der Waals surface area contributed by atoms with Crippen molar-refractivity contribution in [2.45, 2.75) is 13.3 Å². The van der Waals surface area contributed by atoms with Crippen LogP contribution >= 0.6 is 11.6 Å². The molecule has 1 amide bonds. The highest BCUT2D eigenvalue weighted by Gasteiger charge is 2.11. The molecule has 0 aliphatic heterocycles. The van der Waals surface area contributed by atoms with E-state index in [1.165, 1.54) is 7.11 Å². The predicted octanol–water partition coefficient (Wildman–Crippen LogP) is 6.18. The lowest BCUT2D eigenvalue weighted by Crippen LogP contribution is -2.14. The quantitative estimate of drug-likeness (QED) is 0.497. The van der Waals surface area contributed by atoms with Crippen LogP contribution in [0.3, 0.4) is 0 Å². The minimum atomic E-state index is -0.136. The molecule has 5 nitrogen and oxygen atoms in total. The molecule has 146 valence electrons. The molecule has 0 atom stereocenters. The van der Waals surface area contributed by atoms with Crippen LogP contribution < -0.4 is 14.8 Å². The molecular formula is C23H19ClN2O3. The largest absolute Gasteiger partial charge is 0.493 e. The maximum atomic E-state index is 12.4. The fourth-order valence-electron chi connectivity index (χ4n) is 2.74. The third-order valence-corrected chi connectivity index (χ3v) is 4.36. The van der Waals surface area contributed by atoms with Gasteiger partial charge < -0.3 is 14.8 Å². The minimum Gasteiger partial charge on any atom is -0.493 e. The molecule has 0 unspecified atom stereocenters. The molecular weight excluding hydrogens is 388 g/mol. The molecule has 0 saturated carbocycles. The van der Waals surface area contributed by atoms with E-state index in [0.717, 1.165) is 16.8 Å². The van der Waals surface area contributed by atoms with Crippen molar-refractivity contribution in [2.24, 2.45) is 0 Å². The normalized spacial score (nSPS) is 10.1. The summed E-state index contributed by atoms with van der Waals surface area (Å²) in [5, 5.41) is 3.28. The Balaban J connectivity index is 1.78. The zero-order chi connectivity index (χ0) is 20.8. The summed E-state index contributed by atoms with van der Waals surface area (Å²) in [7, 11) is 1.54. The first-order chi connectivity index (χ1) is 14.0. The molecule has 6 heteroatoms. The first-order valence-electron chi connectivity index (χ1n) is 8.86. The van der Waals surface area contributed by atoms with Crippen molar-refractivity contribution in [1.29, 1.82) is 0 Å². The van der Waals surface area contributed by atoms with Crippen molar-refractivity contribution >= 4 is 28.9 Å². The lowest BCUT2D eigenvalue weighted by molar-refractivity contribution is -0.115. The van der Waals surface area contributed by atoms with Gasteiger partial charge in [0.05, 0.1) is 20.1 Å². The smallest absolute Gasteiger partial charge is 0.228 e. The molecule has 0 aliphatic rings. The summed E-state index contributed by atoms with van der Waals surface area (Å²) in [6.07, 6.45) is 0.178. The summed E-state index contributed by atoms with van der Waals surface area (Å²) in [5.74, 6) is 1.23. The summed E-state index contributed by atoms with van der Waals surface area (Å²) >= 11 is 6.05. The third-order valence-electron chi connectivity index (χ3n) is 4.14. The molecule has 29 heavy (non-hydrogen) atoms. The Labute approximate surface area is 174 Å². The Bertz CT molecular complexity index is 1070. The van der Waals surface area contributed by atoms with Crippen molar-refractivity contribution in [1.82, 2.24) is 0 Å². The number of aryl methyl sites for hydroxylation is 1. The molecule has 1 N–H and O–H groups in total. The van der Waals surface area contributed by atoms with Gasteiger partial charge in [0.2, 0.25) is 5.91 Å². The molecule has 0 heterocycles.